The number of carbonyl (C=O) groups excluding carboxylic acids is 2. The van der Waals surface area contributed by atoms with Crippen molar-refractivity contribution < 1.29 is 24.2 Å². The topological polar surface area (TPSA) is 92.7 Å². The molecule has 1 radical (unpaired) electrons. The first-order valence-corrected chi connectivity index (χ1v) is 11.3. The molecule has 0 heterocycles. The molecule has 0 bridgehead atoms. The summed E-state index contributed by atoms with van der Waals surface area (Å²) in [6, 6.07) is 13.6. The van der Waals surface area contributed by atoms with Crippen molar-refractivity contribution in [1.29, 1.82) is 0 Å². The summed E-state index contributed by atoms with van der Waals surface area (Å²) in [5.74, 6) is -0.831. The van der Waals surface area contributed by atoms with Gasteiger partial charge in [0, 0.05) is 12.0 Å². The van der Waals surface area contributed by atoms with E-state index < -0.39 is 17.9 Å². The van der Waals surface area contributed by atoms with Crippen molar-refractivity contribution in [3.63, 3.8) is 0 Å². The summed E-state index contributed by atoms with van der Waals surface area (Å²) in [7, 11) is 0. The Morgan fingerprint density at radius 3 is 2.12 bits per heavy atom. The van der Waals surface area contributed by atoms with Crippen molar-refractivity contribution in [2.75, 3.05) is 6.61 Å². The monoisotopic (exact) mass is 438 g/mol. The minimum absolute atomic E-state index is 0.00985. The van der Waals surface area contributed by atoms with Crippen LogP contribution in [-0.2, 0) is 9.59 Å². The zero-order valence-corrected chi connectivity index (χ0v) is 18.6. The van der Waals surface area contributed by atoms with Crippen LogP contribution in [0.1, 0.15) is 68.6 Å². The Morgan fingerprint density at radius 2 is 1.53 bits per heavy atom. The Kier molecular flexibility index (Phi) is 11.0. The number of amides is 1. The van der Waals surface area contributed by atoms with Crippen LogP contribution >= 0.6 is 0 Å². The van der Waals surface area contributed by atoms with Gasteiger partial charge in [0.25, 0.3) is 5.91 Å². The number of nitrogens with one attached hydrogen (secondary N) is 1. The molecular formula is C26H32NO5. The highest BCUT2D eigenvalue weighted by atomic mass is 16.5. The second-order valence-electron chi connectivity index (χ2n) is 7.77. The van der Waals surface area contributed by atoms with Crippen molar-refractivity contribution in [1.82, 2.24) is 5.32 Å². The number of rotatable bonds is 15. The average molecular weight is 439 g/mol. The number of ether oxygens (including phenoxy) is 1. The lowest BCUT2D eigenvalue weighted by Gasteiger charge is -2.13. The van der Waals surface area contributed by atoms with Crippen LogP contribution < -0.4 is 10.1 Å². The van der Waals surface area contributed by atoms with E-state index in [1.165, 1.54) is 32.1 Å². The van der Waals surface area contributed by atoms with Crippen LogP contribution in [0.4, 0.5) is 0 Å². The SMILES string of the molecule is CCCCCCCCOc1ccc(-c2ccc(C(=O)N[C@@H](CC[C]=O)C(=O)O)cc2)cc1. The number of hydrogen-bond acceptors (Lipinski definition) is 4. The highest BCUT2D eigenvalue weighted by Crippen LogP contribution is 2.23. The van der Waals surface area contributed by atoms with Crippen LogP contribution in [0.5, 0.6) is 5.75 Å². The smallest absolute Gasteiger partial charge is 0.326 e. The van der Waals surface area contributed by atoms with Crippen LogP contribution in [0.15, 0.2) is 48.5 Å². The molecule has 0 aliphatic heterocycles. The lowest BCUT2D eigenvalue weighted by Crippen LogP contribution is -2.40. The molecule has 2 aromatic rings. The predicted molar refractivity (Wildman–Crippen MR) is 125 cm³/mol. The Hall–Kier alpha value is -3.15. The molecule has 0 saturated heterocycles. The Bertz CT molecular complexity index is 846. The molecule has 0 saturated carbocycles. The van der Waals surface area contributed by atoms with Gasteiger partial charge < -0.3 is 15.2 Å². The van der Waals surface area contributed by atoms with Crippen LogP contribution in [-0.4, -0.2) is 35.9 Å². The number of hydrogen-bond donors (Lipinski definition) is 2. The van der Waals surface area contributed by atoms with Crippen molar-refractivity contribution in [3.05, 3.63) is 54.1 Å². The molecule has 0 fully saturated rings. The largest absolute Gasteiger partial charge is 0.494 e. The lowest BCUT2D eigenvalue weighted by atomic mass is 10.0. The standard InChI is InChI=1S/C26H32NO5/c1-2-3-4-5-6-7-19-32-23-16-14-21(15-17-23)20-10-12-22(13-11-20)25(29)27-24(26(30)31)9-8-18-28/h10-17,24H,2-9,19H2,1H3,(H,27,29)(H,30,31)/t24-/m0/s1. The average Bonchev–Trinajstić information content (AvgIpc) is 2.81. The summed E-state index contributed by atoms with van der Waals surface area (Å²) in [5.41, 5.74) is 2.29. The van der Waals surface area contributed by atoms with Gasteiger partial charge in [0.05, 0.1) is 6.61 Å². The molecule has 0 spiro atoms. The predicted octanol–water partition coefficient (Wildman–Crippen LogP) is 5.17. The first-order chi connectivity index (χ1) is 15.5. The molecule has 2 rings (SSSR count). The summed E-state index contributed by atoms with van der Waals surface area (Å²) < 4.78 is 5.81. The molecule has 2 aromatic carbocycles. The van der Waals surface area contributed by atoms with Gasteiger partial charge in [-0.25, -0.2) is 4.79 Å². The fourth-order valence-corrected chi connectivity index (χ4v) is 3.33. The zero-order chi connectivity index (χ0) is 23.2. The summed E-state index contributed by atoms with van der Waals surface area (Å²) in [6.45, 7) is 2.94. The maximum atomic E-state index is 12.3. The zero-order valence-electron chi connectivity index (χ0n) is 18.6. The van der Waals surface area contributed by atoms with Gasteiger partial charge in [-0.05, 0) is 48.2 Å². The third kappa shape index (κ3) is 8.53. The number of carboxylic acids is 1. The van der Waals surface area contributed by atoms with Crippen molar-refractivity contribution in [3.8, 4) is 16.9 Å². The van der Waals surface area contributed by atoms with Gasteiger partial charge in [0.1, 0.15) is 11.8 Å². The minimum Gasteiger partial charge on any atom is -0.494 e. The summed E-state index contributed by atoms with van der Waals surface area (Å²) in [4.78, 5) is 33.9. The van der Waals surface area contributed by atoms with Gasteiger partial charge >= 0.3 is 5.97 Å². The van der Waals surface area contributed by atoms with E-state index in [0.717, 1.165) is 29.9 Å². The molecule has 32 heavy (non-hydrogen) atoms. The van der Waals surface area contributed by atoms with Gasteiger partial charge in [0.15, 0.2) is 6.29 Å². The van der Waals surface area contributed by atoms with Crippen molar-refractivity contribution >= 4 is 18.2 Å². The molecule has 1 amide bonds. The van der Waals surface area contributed by atoms with Gasteiger partial charge in [-0.2, -0.15) is 0 Å². The van der Waals surface area contributed by atoms with E-state index in [1.807, 2.05) is 36.4 Å². The van der Waals surface area contributed by atoms with Gasteiger partial charge in [0.2, 0.25) is 0 Å². The summed E-state index contributed by atoms with van der Waals surface area (Å²) in [5, 5.41) is 11.6. The normalized spacial score (nSPS) is 11.5. The highest BCUT2D eigenvalue weighted by Gasteiger charge is 2.20. The fourth-order valence-electron chi connectivity index (χ4n) is 3.33. The van der Waals surface area contributed by atoms with E-state index in [2.05, 4.69) is 12.2 Å². The maximum absolute atomic E-state index is 12.3. The van der Waals surface area contributed by atoms with Crippen LogP contribution in [0.25, 0.3) is 11.1 Å². The van der Waals surface area contributed by atoms with E-state index >= 15 is 0 Å². The molecule has 0 aliphatic carbocycles. The molecule has 0 aliphatic rings. The first-order valence-electron chi connectivity index (χ1n) is 11.3. The molecule has 2 N–H and O–H groups in total. The Labute approximate surface area is 190 Å². The molecule has 171 valence electrons. The van der Waals surface area contributed by atoms with Crippen molar-refractivity contribution in [2.24, 2.45) is 0 Å². The fraction of sp³-hybridized carbons (Fsp3) is 0.423. The van der Waals surface area contributed by atoms with Crippen molar-refractivity contribution in [2.45, 2.75) is 64.3 Å². The van der Waals surface area contributed by atoms with Gasteiger partial charge in [-0.1, -0.05) is 63.3 Å². The second kappa shape index (κ2) is 14.0. The second-order valence-corrected chi connectivity index (χ2v) is 7.77. The quantitative estimate of drug-likeness (QED) is 0.375. The van der Waals surface area contributed by atoms with E-state index in [9.17, 15) is 14.4 Å². The summed E-state index contributed by atoms with van der Waals surface area (Å²) in [6.07, 6.45) is 8.98. The number of carbonyl (C=O) groups is 2. The Balaban J connectivity index is 1.86. The highest BCUT2D eigenvalue weighted by molar-refractivity contribution is 5.97. The first kappa shape index (κ1) is 25.1. The van der Waals surface area contributed by atoms with E-state index in [0.29, 0.717) is 5.56 Å². The van der Waals surface area contributed by atoms with Gasteiger partial charge in [-0.15, -0.1) is 0 Å². The lowest BCUT2D eigenvalue weighted by molar-refractivity contribution is -0.139. The Morgan fingerprint density at radius 1 is 0.938 bits per heavy atom. The number of unbranched alkanes of at least 4 members (excludes halogenated alkanes) is 5. The van der Waals surface area contributed by atoms with Crippen LogP contribution in [0.2, 0.25) is 0 Å². The molecule has 0 aromatic heterocycles. The number of carboxylic acid groups (broad SMARTS) is 1. The summed E-state index contributed by atoms with van der Waals surface area (Å²) >= 11 is 0. The number of aliphatic carboxylic acids is 1. The molecular weight excluding hydrogens is 406 g/mol. The van der Waals surface area contributed by atoms with E-state index in [4.69, 9.17) is 9.84 Å². The van der Waals surface area contributed by atoms with E-state index in [1.54, 1.807) is 18.4 Å². The molecule has 0 unspecified atom stereocenters. The third-order valence-electron chi connectivity index (χ3n) is 5.24. The van der Waals surface area contributed by atoms with Crippen LogP contribution in [0.3, 0.4) is 0 Å². The number of benzene rings is 2. The molecule has 1 atom stereocenters. The minimum atomic E-state index is -1.18. The molecule has 6 heteroatoms. The van der Waals surface area contributed by atoms with Crippen LogP contribution in [0, 0.1) is 0 Å². The third-order valence-corrected chi connectivity index (χ3v) is 5.24. The molecule has 6 nitrogen and oxygen atoms in total. The van der Waals surface area contributed by atoms with Gasteiger partial charge in [-0.3, -0.25) is 9.59 Å². The maximum Gasteiger partial charge on any atom is 0.326 e. The van der Waals surface area contributed by atoms with E-state index in [-0.39, 0.29) is 12.8 Å².